The lowest BCUT2D eigenvalue weighted by molar-refractivity contribution is -0.138. The van der Waals surface area contributed by atoms with E-state index in [-0.39, 0.29) is 0 Å². The van der Waals surface area contributed by atoms with E-state index < -0.39 is 45.0 Å². The minimum atomic E-state index is -4.90. The molecule has 1 nitrogen and oxygen atoms in total. The Morgan fingerprint density at radius 3 is 1.00 bits per heavy atom. The smallest absolute Gasteiger partial charge is 0.340 e. The quantitative estimate of drug-likeness (QED) is 0.378. The molecule has 0 fully saturated rings. The van der Waals surface area contributed by atoms with Crippen LogP contribution in [0.25, 0.3) is 0 Å². The summed E-state index contributed by atoms with van der Waals surface area (Å²) in [7, 11) is 0. The number of halogens is 12. The number of hydrogen-bond donors (Lipinski definition) is 0. The van der Waals surface area contributed by atoms with Crippen molar-refractivity contribution in [3.05, 3.63) is 0 Å². The molecule has 0 spiro atoms. The Kier molecular flexibility index (Phi) is 8.91. The second-order valence-corrected chi connectivity index (χ2v) is 6.42. The first-order valence-electron chi connectivity index (χ1n) is 4.83. The lowest BCUT2D eigenvalue weighted by Crippen LogP contribution is -2.43. The summed E-state index contributed by atoms with van der Waals surface area (Å²) in [6.07, 6.45) is -9.79. The average Bonchev–Trinajstić information content (AvgIpc) is 2.32. The molecule has 0 aliphatic heterocycles. The van der Waals surface area contributed by atoms with Gasteiger partial charge in [-0.25, -0.2) is 0 Å². The van der Waals surface area contributed by atoms with E-state index in [9.17, 15) is 26.3 Å². The predicted molar refractivity (Wildman–Crippen MR) is 71.0 cm³/mol. The van der Waals surface area contributed by atoms with Crippen molar-refractivity contribution in [2.45, 2.75) is 45.0 Å². The largest absolute Gasteiger partial charge is 0.406 e. The van der Waals surface area contributed by atoms with E-state index in [1.807, 2.05) is 0 Å². The minimum Gasteiger partial charge on any atom is -0.340 e. The zero-order valence-electron chi connectivity index (χ0n) is 9.41. The summed E-state index contributed by atoms with van der Waals surface area (Å²) in [5.41, 5.74) is -3.90. The van der Waals surface area contributed by atoms with E-state index in [1.165, 1.54) is 0 Å². The molecule has 0 aromatic rings. The first kappa shape index (κ1) is 22.3. The summed E-state index contributed by atoms with van der Waals surface area (Å²) in [4.78, 5) is 0. The molecule has 0 aromatic carbocycles. The van der Waals surface area contributed by atoms with Crippen LogP contribution in [0.1, 0.15) is 0 Å². The number of hydrogen-bond acceptors (Lipinski definition) is 1. The van der Waals surface area contributed by atoms with E-state index in [1.54, 1.807) is 0 Å². The third-order valence-electron chi connectivity index (χ3n) is 1.95. The Morgan fingerprint density at radius 1 is 0.571 bits per heavy atom. The van der Waals surface area contributed by atoms with Crippen molar-refractivity contribution >= 4 is 69.6 Å². The van der Waals surface area contributed by atoms with Gasteiger partial charge in [0, 0.05) is 0 Å². The van der Waals surface area contributed by atoms with Crippen LogP contribution in [0.5, 0.6) is 0 Å². The van der Waals surface area contributed by atoms with E-state index in [4.69, 9.17) is 69.6 Å². The predicted octanol–water partition coefficient (Wildman–Crippen LogP) is 5.69. The Morgan fingerprint density at radius 2 is 0.810 bits per heavy atom. The standard InChI is InChI=1S/C8H6Cl6F6O/c9-1(3(11)7(15,16)17)5(13)21-6(14)2(10)4(12)8(18,19)20/h1-6H. The summed E-state index contributed by atoms with van der Waals surface area (Å²) < 4.78 is 78.2. The van der Waals surface area contributed by atoms with Crippen LogP contribution in [0.2, 0.25) is 0 Å². The number of rotatable bonds is 6. The molecule has 0 N–H and O–H groups in total. The second-order valence-electron chi connectivity index (χ2n) is 3.61. The molecule has 6 unspecified atom stereocenters. The van der Waals surface area contributed by atoms with Gasteiger partial charge >= 0.3 is 12.4 Å². The molecule has 0 rings (SSSR count). The van der Waals surface area contributed by atoms with Gasteiger partial charge < -0.3 is 4.74 Å². The van der Waals surface area contributed by atoms with Gasteiger partial charge in [0.05, 0.1) is 10.8 Å². The summed E-state index contributed by atoms with van der Waals surface area (Å²) in [6, 6.07) is 0. The number of ether oxygens (including phenoxy) is 1. The number of alkyl halides is 12. The van der Waals surface area contributed by atoms with Crippen LogP contribution in [-0.2, 0) is 4.74 Å². The molecule has 0 radical (unpaired) electrons. The maximum atomic E-state index is 12.3. The van der Waals surface area contributed by atoms with Crippen molar-refractivity contribution in [3.8, 4) is 0 Å². The van der Waals surface area contributed by atoms with Crippen molar-refractivity contribution in [2.75, 3.05) is 0 Å². The van der Waals surface area contributed by atoms with Gasteiger partial charge in [0.2, 0.25) is 0 Å². The highest BCUT2D eigenvalue weighted by Crippen LogP contribution is 2.36. The molecule has 0 saturated heterocycles. The summed E-state index contributed by atoms with van der Waals surface area (Å²) in [5.74, 6) is 0. The first-order valence-corrected chi connectivity index (χ1v) is 7.44. The van der Waals surface area contributed by atoms with Crippen LogP contribution < -0.4 is 0 Å². The normalized spacial score (nSPS) is 22.3. The molecule has 0 amide bonds. The summed E-state index contributed by atoms with van der Waals surface area (Å²) >= 11 is 31.4. The molecule has 0 aromatic heterocycles. The van der Waals surface area contributed by atoms with Crippen LogP contribution in [-0.4, -0.2) is 45.0 Å². The van der Waals surface area contributed by atoms with Crippen molar-refractivity contribution in [2.24, 2.45) is 0 Å². The third-order valence-corrected chi connectivity index (χ3v) is 5.21. The Balaban J connectivity index is 4.67. The lowest BCUT2D eigenvalue weighted by atomic mass is 10.3. The first-order chi connectivity index (χ1) is 9.19. The molecule has 0 saturated carbocycles. The van der Waals surface area contributed by atoms with E-state index in [0.29, 0.717) is 0 Å². The summed E-state index contributed by atoms with van der Waals surface area (Å²) in [5, 5.41) is -9.24. The molecule has 0 heterocycles. The van der Waals surface area contributed by atoms with Gasteiger partial charge in [0.25, 0.3) is 0 Å². The molecule has 0 aliphatic carbocycles. The zero-order valence-corrected chi connectivity index (χ0v) is 13.9. The molecule has 13 heteroatoms. The fraction of sp³-hybridized carbons (Fsp3) is 1.00. The fourth-order valence-corrected chi connectivity index (χ4v) is 2.28. The highest BCUT2D eigenvalue weighted by Gasteiger charge is 2.48. The van der Waals surface area contributed by atoms with Gasteiger partial charge in [-0.3, -0.25) is 0 Å². The van der Waals surface area contributed by atoms with E-state index >= 15 is 0 Å². The van der Waals surface area contributed by atoms with Crippen molar-refractivity contribution in [1.29, 1.82) is 0 Å². The minimum absolute atomic E-state index is 1.95. The van der Waals surface area contributed by atoms with Crippen LogP contribution >= 0.6 is 69.6 Å². The maximum absolute atomic E-state index is 12.3. The van der Waals surface area contributed by atoms with Crippen molar-refractivity contribution < 1.29 is 31.1 Å². The van der Waals surface area contributed by atoms with E-state index in [0.717, 1.165) is 0 Å². The van der Waals surface area contributed by atoms with Gasteiger partial charge in [-0.15, -0.1) is 46.4 Å². The Hall–Kier alpha value is 1.28. The molecule has 6 atom stereocenters. The van der Waals surface area contributed by atoms with Crippen LogP contribution in [0.3, 0.4) is 0 Å². The van der Waals surface area contributed by atoms with Crippen LogP contribution in [0.15, 0.2) is 0 Å². The molecule has 0 bridgehead atoms. The zero-order chi connectivity index (χ0) is 17.2. The highest BCUT2D eigenvalue weighted by atomic mass is 35.5. The third kappa shape index (κ3) is 7.14. The molecule has 0 aliphatic rings. The van der Waals surface area contributed by atoms with Crippen LogP contribution in [0.4, 0.5) is 26.3 Å². The molecular weight excluding hydrogens is 439 g/mol. The van der Waals surface area contributed by atoms with Gasteiger partial charge in [-0.1, -0.05) is 23.2 Å². The SMILES string of the molecule is FC(F)(F)C(Cl)C(Cl)C(Cl)OC(Cl)C(Cl)C(Cl)C(F)(F)F. The summed E-state index contributed by atoms with van der Waals surface area (Å²) in [6.45, 7) is 0. The second kappa shape index (κ2) is 8.40. The van der Waals surface area contributed by atoms with Crippen LogP contribution in [0, 0.1) is 0 Å². The molecular formula is C8H6Cl6F6O. The molecule has 128 valence electrons. The molecule has 21 heavy (non-hydrogen) atoms. The average molecular weight is 445 g/mol. The Labute approximate surface area is 145 Å². The lowest BCUT2D eigenvalue weighted by Gasteiger charge is -2.28. The maximum Gasteiger partial charge on any atom is 0.406 e. The van der Waals surface area contributed by atoms with Crippen molar-refractivity contribution in [1.82, 2.24) is 0 Å². The fourth-order valence-electron chi connectivity index (χ4n) is 0.901. The van der Waals surface area contributed by atoms with Gasteiger partial charge in [0.1, 0.15) is 10.8 Å². The monoisotopic (exact) mass is 442 g/mol. The van der Waals surface area contributed by atoms with E-state index in [2.05, 4.69) is 4.74 Å². The van der Waals surface area contributed by atoms with Crippen molar-refractivity contribution in [3.63, 3.8) is 0 Å². The highest BCUT2D eigenvalue weighted by molar-refractivity contribution is 6.36. The van der Waals surface area contributed by atoms with Gasteiger partial charge in [-0.2, -0.15) is 26.3 Å². The van der Waals surface area contributed by atoms with Gasteiger partial charge in [-0.05, 0) is 0 Å². The Bertz CT molecular complexity index is 295. The topological polar surface area (TPSA) is 9.23 Å². The van der Waals surface area contributed by atoms with Gasteiger partial charge in [0.15, 0.2) is 11.1 Å².